The molecule has 0 radical (unpaired) electrons. The van der Waals surface area contributed by atoms with Gasteiger partial charge in [-0.25, -0.2) is 0 Å². The minimum absolute atomic E-state index is 0.283. The molecule has 0 unspecified atom stereocenters. The average Bonchev–Trinajstić information content (AvgIpc) is 2.87. The van der Waals surface area contributed by atoms with Gasteiger partial charge >= 0.3 is 0 Å². The minimum Gasteiger partial charge on any atom is -0.383 e. The minimum atomic E-state index is -0.643. The molecule has 0 amide bonds. The number of carbonyl (C=O) groups excluding carboxylic acids is 1. The van der Waals surface area contributed by atoms with Crippen LogP contribution in [-0.2, 0) is 14.9 Å². The Morgan fingerprint density at radius 1 is 0.957 bits per heavy atom. The number of fused-ring (bicyclic) bond motifs is 3. The molecule has 23 heavy (non-hydrogen) atoms. The molecule has 120 valence electrons. The third-order valence-electron chi connectivity index (χ3n) is 4.91. The summed E-state index contributed by atoms with van der Waals surface area (Å²) in [6.07, 6.45) is 3.78. The maximum Gasteiger partial charge on any atom is 0.150 e. The van der Waals surface area contributed by atoms with Gasteiger partial charge in [-0.1, -0.05) is 68.3 Å². The Kier molecular flexibility index (Phi) is 4.63. The summed E-state index contributed by atoms with van der Waals surface area (Å²) in [5.41, 5.74) is 3.90. The van der Waals surface area contributed by atoms with Crippen LogP contribution in [0.25, 0.3) is 11.1 Å². The van der Waals surface area contributed by atoms with Crippen LogP contribution >= 0.6 is 0 Å². The number of hydrogen-bond acceptors (Lipinski definition) is 2. The molecule has 0 atom stereocenters. The maximum absolute atomic E-state index is 13.3. The van der Waals surface area contributed by atoms with E-state index in [0.717, 1.165) is 30.4 Å². The van der Waals surface area contributed by atoms with Gasteiger partial charge in [0.2, 0.25) is 0 Å². The molecule has 0 bridgehead atoms. The molecule has 2 aromatic rings. The summed E-state index contributed by atoms with van der Waals surface area (Å²) >= 11 is 0. The van der Waals surface area contributed by atoms with E-state index in [-0.39, 0.29) is 5.78 Å². The van der Waals surface area contributed by atoms with Crippen molar-refractivity contribution in [2.75, 3.05) is 13.7 Å². The van der Waals surface area contributed by atoms with E-state index >= 15 is 0 Å². The SMILES string of the molecule is CCCCCC(=O)C1(COC)c2ccccc2-c2ccccc21. The maximum atomic E-state index is 13.3. The summed E-state index contributed by atoms with van der Waals surface area (Å²) in [6, 6.07) is 16.5. The molecule has 0 heterocycles. The highest BCUT2D eigenvalue weighted by molar-refractivity contribution is 6.01. The van der Waals surface area contributed by atoms with E-state index in [9.17, 15) is 4.79 Å². The Morgan fingerprint density at radius 2 is 1.52 bits per heavy atom. The van der Waals surface area contributed by atoms with Crippen molar-refractivity contribution in [3.63, 3.8) is 0 Å². The Morgan fingerprint density at radius 3 is 2.04 bits per heavy atom. The first-order chi connectivity index (χ1) is 11.3. The number of unbranched alkanes of at least 4 members (excludes halogenated alkanes) is 2. The molecule has 1 aliphatic rings. The third-order valence-corrected chi connectivity index (χ3v) is 4.91. The predicted molar refractivity (Wildman–Crippen MR) is 93.7 cm³/mol. The number of benzene rings is 2. The number of ether oxygens (including phenoxy) is 1. The van der Waals surface area contributed by atoms with Gasteiger partial charge in [-0.15, -0.1) is 0 Å². The van der Waals surface area contributed by atoms with Crippen molar-refractivity contribution in [2.24, 2.45) is 0 Å². The van der Waals surface area contributed by atoms with Crippen LogP contribution in [0.2, 0.25) is 0 Å². The molecular formula is C21H24O2. The normalized spacial score (nSPS) is 14.3. The Bertz CT molecular complexity index is 657. The first-order valence-corrected chi connectivity index (χ1v) is 8.47. The second-order valence-electron chi connectivity index (χ2n) is 6.31. The fourth-order valence-electron chi connectivity index (χ4n) is 3.83. The highest BCUT2D eigenvalue weighted by atomic mass is 16.5. The summed E-state index contributed by atoms with van der Waals surface area (Å²) in [7, 11) is 1.69. The Balaban J connectivity index is 2.13. The summed E-state index contributed by atoms with van der Waals surface area (Å²) < 4.78 is 5.55. The average molecular weight is 308 g/mol. The Labute approximate surface area is 138 Å². The van der Waals surface area contributed by atoms with Gasteiger partial charge in [0.05, 0.1) is 6.61 Å². The van der Waals surface area contributed by atoms with Gasteiger partial charge in [-0.05, 0) is 28.7 Å². The van der Waals surface area contributed by atoms with Crippen molar-refractivity contribution >= 4 is 5.78 Å². The molecule has 2 aromatic carbocycles. The molecule has 0 aliphatic heterocycles. The lowest BCUT2D eigenvalue weighted by molar-refractivity contribution is -0.124. The molecule has 1 aliphatic carbocycles. The van der Waals surface area contributed by atoms with Crippen molar-refractivity contribution in [3.05, 3.63) is 59.7 Å². The summed E-state index contributed by atoms with van der Waals surface area (Å²) in [5.74, 6) is 0.283. The van der Waals surface area contributed by atoms with Gasteiger partial charge in [0.25, 0.3) is 0 Å². The van der Waals surface area contributed by atoms with Crippen LogP contribution in [0.1, 0.15) is 43.7 Å². The largest absolute Gasteiger partial charge is 0.383 e. The standard InChI is InChI=1S/C21H24O2/c1-3-4-5-14-20(22)21(15-23-2)18-12-8-6-10-16(18)17-11-7-9-13-19(17)21/h6-13H,3-5,14-15H2,1-2H3. The lowest BCUT2D eigenvalue weighted by atomic mass is 9.73. The van der Waals surface area contributed by atoms with Crippen LogP contribution in [0, 0.1) is 0 Å². The van der Waals surface area contributed by atoms with Crippen LogP contribution in [-0.4, -0.2) is 19.5 Å². The second kappa shape index (κ2) is 6.67. The summed E-state index contributed by atoms with van der Waals surface area (Å²) in [4.78, 5) is 13.3. The highest BCUT2D eigenvalue weighted by Gasteiger charge is 2.48. The van der Waals surface area contributed by atoms with Crippen LogP contribution in [0.15, 0.2) is 48.5 Å². The molecule has 2 heteroatoms. The van der Waals surface area contributed by atoms with E-state index < -0.39 is 5.41 Å². The van der Waals surface area contributed by atoms with Gasteiger partial charge in [0, 0.05) is 13.5 Å². The third kappa shape index (κ3) is 2.51. The monoisotopic (exact) mass is 308 g/mol. The smallest absolute Gasteiger partial charge is 0.150 e. The quantitative estimate of drug-likeness (QED) is 0.690. The molecule has 0 saturated carbocycles. The van der Waals surface area contributed by atoms with Crippen molar-refractivity contribution in [3.8, 4) is 11.1 Å². The number of methoxy groups -OCH3 is 1. The predicted octanol–water partition coefficient (Wildman–Crippen LogP) is 4.75. The van der Waals surface area contributed by atoms with Crippen molar-refractivity contribution in [2.45, 2.75) is 38.0 Å². The van der Waals surface area contributed by atoms with E-state index in [1.165, 1.54) is 11.1 Å². The fraction of sp³-hybridized carbons (Fsp3) is 0.381. The number of ketones is 1. The molecule has 0 aromatic heterocycles. The van der Waals surface area contributed by atoms with E-state index in [2.05, 4.69) is 31.2 Å². The fourth-order valence-corrected chi connectivity index (χ4v) is 3.83. The van der Waals surface area contributed by atoms with Crippen LogP contribution in [0.5, 0.6) is 0 Å². The van der Waals surface area contributed by atoms with E-state index in [0.29, 0.717) is 13.0 Å². The first kappa shape index (κ1) is 15.9. The first-order valence-electron chi connectivity index (χ1n) is 8.47. The van der Waals surface area contributed by atoms with E-state index in [4.69, 9.17) is 4.74 Å². The van der Waals surface area contributed by atoms with Gasteiger partial charge in [0.15, 0.2) is 0 Å². The molecule has 2 nitrogen and oxygen atoms in total. The van der Waals surface area contributed by atoms with Crippen molar-refractivity contribution in [1.82, 2.24) is 0 Å². The van der Waals surface area contributed by atoms with E-state index in [1.54, 1.807) is 7.11 Å². The van der Waals surface area contributed by atoms with Crippen molar-refractivity contribution in [1.29, 1.82) is 0 Å². The Hall–Kier alpha value is -1.93. The van der Waals surface area contributed by atoms with Gasteiger partial charge in [-0.2, -0.15) is 0 Å². The molecule has 0 N–H and O–H groups in total. The number of Topliss-reactive ketones (excluding diaryl/α,β-unsaturated/α-hetero) is 1. The lowest BCUT2D eigenvalue weighted by Crippen LogP contribution is -2.39. The van der Waals surface area contributed by atoms with Crippen LogP contribution in [0.3, 0.4) is 0 Å². The number of rotatable bonds is 7. The van der Waals surface area contributed by atoms with E-state index in [1.807, 2.05) is 24.3 Å². The molecular weight excluding hydrogens is 284 g/mol. The lowest BCUT2D eigenvalue weighted by Gasteiger charge is -2.30. The van der Waals surface area contributed by atoms with Crippen molar-refractivity contribution < 1.29 is 9.53 Å². The van der Waals surface area contributed by atoms with Gasteiger partial charge < -0.3 is 4.74 Å². The molecule has 3 rings (SSSR count). The summed E-state index contributed by atoms with van der Waals surface area (Å²) in [6.45, 7) is 2.57. The molecule has 0 spiro atoms. The highest BCUT2D eigenvalue weighted by Crippen LogP contribution is 2.50. The number of carbonyl (C=O) groups is 1. The second-order valence-corrected chi connectivity index (χ2v) is 6.31. The molecule has 0 saturated heterocycles. The zero-order valence-electron chi connectivity index (χ0n) is 14.0. The van der Waals surface area contributed by atoms with Crippen LogP contribution < -0.4 is 0 Å². The summed E-state index contributed by atoms with van der Waals surface area (Å²) in [5, 5.41) is 0. The van der Waals surface area contributed by atoms with Gasteiger partial charge in [0.1, 0.15) is 11.2 Å². The zero-order valence-corrected chi connectivity index (χ0v) is 14.0. The van der Waals surface area contributed by atoms with Crippen LogP contribution in [0.4, 0.5) is 0 Å². The number of hydrogen-bond donors (Lipinski definition) is 0. The topological polar surface area (TPSA) is 26.3 Å². The molecule has 0 fully saturated rings. The van der Waals surface area contributed by atoms with Gasteiger partial charge in [-0.3, -0.25) is 4.79 Å². The zero-order chi connectivity index (χ0) is 16.3.